The molecule has 7 heteroatoms. The lowest BCUT2D eigenvalue weighted by Gasteiger charge is -2.11. The average molecular weight is 427 g/mol. The van der Waals surface area contributed by atoms with Crippen LogP contribution in [-0.4, -0.2) is 18.4 Å². The Morgan fingerprint density at radius 2 is 1.86 bits per heavy atom. The number of nitrogens with one attached hydrogen (secondary N) is 3. The quantitative estimate of drug-likeness (QED) is 0.307. The van der Waals surface area contributed by atoms with E-state index in [1.807, 2.05) is 72.8 Å². The Labute approximate surface area is 180 Å². The molecule has 0 amide bonds. The first kappa shape index (κ1) is 20.6. The first-order valence-corrected chi connectivity index (χ1v) is 9.69. The normalized spacial score (nSPS) is 10.6. The zero-order valence-corrected chi connectivity index (χ0v) is 17.4. The molecular weight excluding hydrogens is 406 g/mol. The van der Waals surface area contributed by atoms with Gasteiger partial charge in [0.1, 0.15) is 6.61 Å². The maximum atomic E-state index is 6.01. The van der Waals surface area contributed by atoms with Gasteiger partial charge in [0.15, 0.2) is 17.7 Å². The molecule has 0 atom stereocenters. The van der Waals surface area contributed by atoms with Crippen molar-refractivity contribution in [2.75, 3.05) is 12.4 Å². The second kappa shape index (κ2) is 10.5. The smallest absolute Gasteiger partial charge is 0.228 e. The lowest BCUT2D eigenvalue weighted by Crippen LogP contribution is -2.82. The van der Waals surface area contributed by atoms with E-state index >= 15 is 0 Å². The van der Waals surface area contributed by atoms with Crippen LogP contribution in [0.25, 0.3) is 0 Å². The molecule has 0 aromatic heterocycles. The molecule has 0 bridgehead atoms. The summed E-state index contributed by atoms with van der Waals surface area (Å²) < 4.78 is 11.3. The van der Waals surface area contributed by atoms with Gasteiger partial charge in [0.25, 0.3) is 0 Å². The van der Waals surface area contributed by atoms with E-state index in [1.165, 1.54) is 0 Å². The fraction of sp³-hybridized carbons (Fsp3) is 0.0909. The number of hydrazone groups is 1. The monoisotopic (exact) mass is 426 g/mol. The second-order valence-corrected chi connectivity index (χ2v) is 6.91. The van der Waals surface area contributed by atoms with Crippen LogP contribution in [0, 0.1) is 0 Å². The number of hydrogen-bond acceptors (Lipinski definition) is 3. The van der Waals surface area contributed by atoms with E-state index in [1.54, 1.807) is 13.3 Å². The predicted molar refractivity (Wildman–Crippen MR) is 121 cm³/mol. The van der Waals surface area contributed by atoms with Crippen molar-refractivity contribution in [1.82, 2.24) is 5.43 Å². The molecule has 3 aromatic rings. The third kappa shape index (κ3) is 6.48. The highest BCUT2D eigenvalue weighted by molar-refractivity contribution is 7.80. The summed E-state index contributed by atoms with van der Waals surface area (Å²) >= 11 is 11.3. The number of para-hydroxylation sites is 1. The van der Waals surface area contributed by atoms with Crippen molar-refractivity contribution in [2.24, 2.45) is 0 Å². The Morgan fingerprint density at radius 1 is 1.03 bits per heavy atom. The summed E-state index contributed by atoms with van der Waals surface area (Å²) in [6.45, 7) is 0.402. The summed E-state index contributed by atoms with van der Waals surface area (Å²) in [6, 6.07) is 22.9. The number of ether oxygens (including phenoxy) is 2. The van der Waals surface area contributed by atoms with Gasteiger partial charge in [-0.3, -0.25) is 0 Å². The van der Waals surface area contributed by atoms with Gasteiger partial charge in [-0.25, -0.2) is 0 Å². The van der Waals surface area contributed by atoms with Crippen LogP contribution < -0.4 is 25.3 Å². The SMILES string of the molecule is COc1cc(C=[NH+]NC(=S)Nc2ccccc2)ccc1OCc1cccc(Cl)c1. The molecule has 3 N–H and O–H groups in total. The van der Waals surface area contributed by atoms with Gasteiger partial charge in [-0.05, 0) is 60.2 Å². The first-order valence-electron chi connectivity index (χ1n) is 8.90. The molecule has 0 spiro atoms. The Kier molecular flexibility index (Phi) is 7.44. The molecule has 29 heavy (non-hydrogen) atoms. The standard InChI is InChI=1S/C22H20ClN3O2S/c1-27-21-13-16(14-24-26-22(29)25-19-8-3-2-4-9-19)10-11-20(21)28-15-17-6-5-7-18(23)12-17/h2-14H,15H2,1H3,(H2,25,26,29)/p+1. The van der Waals surface area contributed by atoms with Crippen LogP contribution >= 0.6 is 23.8 Å². The van der Waals surface area contributed by atoms with E-state index in [0.29, 0.717) is 28.2 Å². The molecule has 148 valence electrons. The minimum atomic E-state index is 0.402. The molecular formula is C22H21ClN3O2S+. The summed E-state index contributed by atoms with van der Waals surface area (Å²) in [5.74, 6) is 1.28. The molecule has 0 saturated carbocycles. The molecule has 5 nitrogen and oxygen atoms in total. The number of hydrogen-bond donors (Lipinski definition) is 3. The number of hydrazine groups is 1. The van der Waals surface area contributed by atoms with Gasteiger partial charge in [-0.1, -0.05) is 41.9 Å². The number of methoxy groups -OCH3 is 1. The summed E-state index contributed by atoms with van der Waals surface area (Å²) in [4.78, 5) is 0. The Morgan fingerprint density at radius 3 is 2.62 bits per heavy atom. The van der Waals surface area contributed by atoms with E-state index < -0.39 is 0 Å². The highest BCUT2D eigenvalue weighted by Gasteiger charge is 2.07. The molecule has 0 aliphatic heterocycles. The minimum Gasteiger partial charge on any atom is -0.493 e. The zero-order chi connectivity index (χ0) is 20.5. The molecule has 3 aromatic carbocycles. The van der Waals surface area contributed by atoms with Crippen LogP contribution in [0.5, 0.6) is 11.5 Å². The van der Waals surface area contributed by atoms with Crippen LogP contribution in [0.1, 0.15) is 11.1 Å². The topological polar surface area (TPSA) is 56.5 Å². The van der Waals surface area contributed by atoms with Gasteiger partial charge in [0, 0.05) is 16.3 Å². The fourth-order valence-corrected chi connectivity index (χ4v) is 2.94. The van der Waals surface area contributed by atoms with Crippen LogP contribution in [0.4, 0.5) is 5.69 Å². The fourth-order valence-electron chi connectivity index (χ4n) is 2.55. The third-order valence-corrected chi connectivity index (χ3v) is 4.37. The highest BCUT2D eigenvalue weighted by atomic mass is 35.5. The number of benzene rings is 3. The van der Waals surface area contributed by atoms with Crippen molar-refractivity contribution in [2.45, 2.75) is 6.61 Å². The summed E-state index contributed by atoms with van der Waals surface area (Å²) in [5.41, 5.74) is 5.71. The van der Waals surface area contributed by atoms with Gasteiger partial charge in [-0.15, -0.1) is 10.5 Å². The molecule has 0 saturated heterocycles. The Hall–Kier alpha value is -3.09. The van der Waals surface area contributed by atoms with Gasteiger partial charge in [-0.2, -0.15) is 0 Å². The largest absolute Gasteiger partial charge is 0.493 e. The number of rotatable bonds is 7. The van der Waals surface area contributed by atoms with E-state index in [2.05, 4.69) is 15.8 Å². The van der Waals surface area contributed by atoms with Gasteiger partial charge < -0.3 is 14.8 Å². The van der Waals surface area contributed by atoms with Gasteiger partial charge in [0.05, 0.1) is 7.11 Å². The van der Waals surface area contributed by atoms with Crippen molar-refractivity contribution < 1.29 is 14.6 Å². The van der Waals surface area contributed by atoms with E-state index in [-0.39, 0.29) is 0 Å². The molecule has 0 aliphatic rings. The Balaban J connectivity index is 1.57. The predicted octanol–water partition coefficient (Wildman–Crippen LogP) is 3.33. The van der Waals surface area contributed by atoms with E-state index in [0.717, 1.165) is 16.8 Å². The number of halogens is 1. The molecule has 0 unspecified atom stereocenters. The molecule has 0 radical (unpaired) electrons. The van der Waals surface area contributed by atoms with Gasteiger partial charge in [0.2, 0.25) is 5.11 Å². The van der Waals surface area contributed by atoms with Crippen molar-refractivity contribution >= 4 is 40.8 Å². The lowest BCUT2D eigenvalue weighted by atomic mass is 10.2. The Bertz CT molecular complexity index is 996. The highest BCUT2D eigenvalue weighted by Crippen LogP contribution is 2.28. The maximum absolute atomic E-state index is 6.01. The summed E-state index contributed by atoms with van der Waals surface area (Å²) in [5, 5.41) is 7.19. The number of anilines is 1. The van der Waals surface area contributed by atoms with Crippen LogP contribution in [0.15, 0.2) is 72.8 Å². The maximum Gasteiger partial charge on any atom is 0.228 e. The minimum absolute atomic E-state index is 0.402. The molecule has 0 aliphatic carbocycles. The van der Waals surface area contributed by atoms with Crippen LogP contribution in [-0.2, 0) is 6.61 Å². The third-order valence-electron chi connectivity index (χ3n) is 3.93. The van der Waals surface area contributed by atoms with Crippen molar-refractivity contribution in [3.05, 3.63) is 88.9 Å². The van der Waals surface area contributed by atoms with Crippen molar-refractivity contribution in [1.29, 1.82) is 0 Å². The molecule has 0 fully saturated rings. The first-order chi connectivity index (χ1) is 14.1. The number of thiocarbonyl (C=S) groups is 1. The van der Waals surface area contributed by atoms with Crippen molar-refractivity contribution in [3.63, 3.8) is 0 Å². The van der Waals surface area contributed by atoms with Crippen LogP contribution in [0.2, 0.25) is 5.02 Å². The van der Waals surface area contributed by atoms with E-state index in [4.69, 9.17) is 33.3 Å². The zero-order valence-electron chi connectivity index (χ0n) is 15.8. The van der Waals surface area contributed by atoms with Gasteiger partial charge >= 0.3 is 0 Å². The summed E-state index contributed by atoms with van der Waals surface area (Å²) in [7, 11) is 1.61. The van der Waals surface area contributed by atoms with Crippen molar-refractivity contribution in [3.8, 4) is 11.5 Å². The summed E-state index contributed by atoms with van der Waals surface area (Å²) in [6.07, 6.45) is 1.78. The van der Waals surface area contributed by atoms with E-state index in [9.17, 15) is 0 Å². The molecule has 3 rings (SSSR count). The van der Waals surface area contributed by atoms with Crippen LogP contribution in [0.3, 0.4) is 0 Å². The second-order valence-electron chi connectivity index (χ2n) is 6.06. The lowest BCUT2D eigenvalue weighted by molar-refractivity contribution is -0.499. The average Bonchev–Trinajstić information content (AvgIpc) is 2.73. The molecule has 0 heterocycles.